The zero-order chi connectivity index (χ0) is 17.1. The third kappa shape index (κ3) is 3.62. The van der Waals surface area contributed by atoms with Gasteiger partial charge in [-0.1, -0.05) is 23.4 Å². The first kappa shape index (κ1) is 16.2. The molecule has 0 aromatic heterocycles. The highest BCUT2D eigenvalue weighted by Gasteiger charge is 2.40. The molecule has 1 aliphatic rings. The molecule has 2 aromatic rings. The number of hydrogen-bond donors (Lipinski definition) is 0. The summed E-state index contributed by atoms with van der Waals surface area (Å²) >= 11 is 0. The maximum absolute atomic E-state index is 13.0. The van der Waals surface area contributed by atoms with E-state index in [9.17, 15) is 9.18 Å². The van der Waals surface area contributed by atoms with Gasteiger partial charge in [0.15, 0.2) is 0 Å². The molecular formula is C19H18FNO3. The molecule has 0 N–H and O–H groups in total. The number of hydrogen-bond acceptors (Lipinski definition) is 4. The van der Waals surface area contributed by atoms with E-state index in [1.807, 2.05) is 6.92 Å². The fourth-order valence-electron chi connectivity index (χ4n) is 2.72. The first-order valence-corrected chi connectivity index (χ1v) is 7.74. The van der Waals surface area contributed by atoms with Crippen molar-refractivity contribution in [3.63, 3.8) is 0 Å². The first-order valence-electron chi connectivity index (χ1n) is 7.74. The second-order valence-corrected chi connectivity index (χ2v) is 5.84. The second-order valence-electron chi connectivity index (χ2n) is 5.84. The van der Waals surface area contributed by atoms with Gasteiger partial charge in [0, 0.05) is 5.92 Å². The van der Waals surface area contributed by atoms with Crippen molar-refractivity contribution in [3.05, 3.63) is 65.5 Å². The van der Waals surface area contributed by atoms with E-state index in [0.717, 1.165) is 17.7 Å². The Bertz CT molecular complexity index is 770. The maximum Gasteiger partial charge on any atom is 0.365 e. The van der Waals surface area contributed by atoms with Gasteiger partial charge in [-0.05, 0) is 55.2 Å². The molecule has 2 aromatic carbocycles. The van der Waals surface area contributed by atoms with Crippen LogP contribution < -0.4 is 4.74 Å². The van der Waals surface area contributed by atoms with Crippen LogP contribution >= 0.6 is 0 Å². The Labute approximate surface area is 139 Å². The van der Waals surface area contributed by atoms with E-state index in [1.54, 1.807) is 36.4 Å². The molecule has 5 heteroatoms. The van der Waals surface area contributed by atoms with Gasteiger partial charge in [0.1, 0.15) is 11.6 Å². The van der Waals surface area contributed by atoms with Crippen LogP contribution in [-0.2, 0) is 4.84 Å². The summed E-state index contributed by atoms with van der Waals surface area (Å²) in [5, 5.41) is 3.96. The van der Waals surface area contributed by atoms with Crippen LogP contribution in [0.25, 0.3) is 0 Å². The minimum absolute atomic E-state index is 0.230. The molecule has 0 saturated heterocycles. The Balaban J connectivity index is 1.60. The number of nitrogens with zero attached hydrogens (tertiary/aromatic N) is 1. The Kier molecular flexibility index (Phi) is 4.60. The quantitative estimate of drug-likeness (QED) is 0.470. The normalized spacial score (nSPS) is 19.7. The number of carbonyl (C=O) groups is 1. The summed E-state index contributed by atoms with van der Waals surface area (Å²) in [4.78, 5) is 17.1. The number of carbonyl (C=O) groups excluding carboxylic acids is 1. The highest BCUT2D eigenvalue weighted by Crippen LogP contribution is 2.48. The van der Waals surface area contributed by atoms with Gasteiger partial charge < -0.3 is 9.57 Å². The number of methoxy groups -OCH3 is 1. The SMILES string of the molecule is COc1cccc(C(=O)ON=C(C)[C@@H]2C[C@H]2c2ccc(F)cc2)c1. The standard InChI is InChI=1S/C19H18FNO3/c1-12(17-11-18(17)13-6-8-15(20)9-7-13)21-24-19(22)14-4-3-5-16(10-14)23-2/h3-10,17-18H,11H2,1-2H3/t17-,18-/m0/s1. The lowest BCUT2D eigenvalue weighted by Crippen LogP contribution is -2.05. The van der Waals surface area contributed by atoms with E-state index in [-0.39, 0.29) is 11.7 Å². The van der Waals surface area contributed by atoms with E-state index in [1.165, 1.54) is 19.2 Å². The fourth-order valence-corrected chi connectivity index (χ4v) is 2.72. The van der Waals surface area contributed by atoms with E-state index in [2.05, 4.69) is 5.16 Å². The van der Waals surface area contributed by atoms with Crippen molar-refractivity contribution >= 4 is 11.7 Å². The number of rotatable bonds is 5. The Hall–Kier alpha value is -2.69. The van der Waals surface area contributed by atoms with Crippen LogP contribution in [0.4, 0.5) is 4.39 Å². The van der Waals surface area contributed by atoms with Gasteiger partial charge in [-0.25, -0.2) is 9.18 Å². The van der Waals surface area contributed by atoms with E-state index >= 15 is 0 Å². The summed E-state index contributed by atoms with van der Waals surface area (Å²) in [6.45, 7) is 1.84. The first-order chi connectivity index (χ1) is 11.6. The minimum Gasteiger partial charge on any atom is -0.497 e. The summed E-state index contributed by atoms with van der Waals surface area (Å²) < 4.78 is 18.0. The van der Waals surface area contributed by atoms with Crippen LogP contribution in [0.1, 0.15) is 35.2 Å². The molecule has 1 saturated carbocycles. The molecule has 0 radical (unpaired) electrons. The summed E-state index contributed by atoms with van der Waals surface area (Å²) in [5.41, 5.74) is 2.23. The number of halogens is 1. The van der Waals surface area contributed by atoms with Crippen molar-refractivity contribution in [1.29, 1.82) is 0 Å². The van der Waals surface area contributed by atoms with Gasteiger partial charge in [0.2, 0.25) is 0 Å². The number of ether oxygens (including phenoxy) is 1. The van der Waals surface area contributed by atoms with Crippen molar-refractivity contribution in [1.82, 2.24) is 0 Å². The van der Waals surface area contributed by atoms with E-state index < -0.39 is 5.97 Å². The van der Waals surface area contributed by atoms with Crippen LogP contribution in [0.15, 0.2) is 53.7 Å². The number of benzene rings is 2. The topological polar surface area (TPSA) is 47.9 Å². The smallest absolute Gasteiger partial charge is 0.365 e. The third-order valence-electron chi connectivity index (χ3n) is 4.20. The molecule has 4 nitrogen and oxygen atoms in total. The summed E-state index contributed by atoms with van der Waals surface area (Å²) in [7, 11) is 1.54. The minimum atomic E-state index is -0.521. The largest absolute Gasteiger partial charge is 0.497 e. The molecule has 0 heterocycles. The lowest BCUT2D eigenvalue weighted by atomic mass is 10.1. The maximum atomic E-state index is 13.0. The van der Waals surface area contributed by atoms with Crippen LogP contribution in [0.2, 0.25) is 0 Å². The third-order valence-corrected chi connectivity index (χ3v) is 4.20. The van der Waals surface area contributed by atoms with Crippen molar-refractivity contribution in [2.24, 2.45) is 11.1 Å². The van der Waals surface area contributed by atoms with Crippen molar-refractivity contribution in [2.75, 3.05) is 7.11 Å². The molecule has 1 aliphatic carbocycles. The van der Waals surface area contributed by atoms with Crippen molar-refractivity contribution < 1.29 is 18.8 Å². The van der Waals surface area contributed by atoms with Crippen molar-refractivity contribution in [3.8, 4) is 5.75 Å². The average molecular weight is 327 g/mol. The van der Waals surface area contributed by atoms with Gasteiger partial charge in [-0.3, -0.25) is 0 Å². The molecule has 2 atom stereocenters. The molecule has 0 unspecified atom stereocenters. The molecule has 3 rings (SSSR count). The van der Waals surface area contributed by atoms with Gasteiger partial charge in [0.05, 0.1) is 18.4 Å². The highest BCUT2D eigenvalue weighted by atomic mass is 19.1. The van der Waals surface area contributed by atoms with Crippen LogP contribution in [0, 0.1) is 11.7 Å². The van der Waals surface area contributed by atoms with Crippen molar-refractivity contribution in [2.45, 2.75) is 19.3 Å². The van der Waals surface area contributed by atoms with E-state index in [4.69, 9.17) is 9.57 Å². The Morgan fingerprint density at radius 1 is 1.21 bits per heavy atom. The number of oxime groups is 1. The van der Waals surface area contributed by atoms with Crippen LogP contribution in [-0.4, -0.2) is 18.8 Å². The van der Waals surface area contributed by atoms with E-state index in [0.29, 0.717) is 17.2 Å². The molecule has 1 fully saturated rings. The average Bonchev–Trinajstić information content (AvgIpc) is 3.41. The highest BCUT2D eigenvalue weighted by molar-refractivity contribution is 5.92. The zero-order valence-corrected chi connectivity index (χ0v) is 13.5. The fraction of sp³-hybridized carbons (Fsp3) is 0.263. The van der Waals surface area contributed by atoms with Crippen LogP contribution in [0.3, 0.4) is 0 Å². The lowest BCUT2D eigenvalue weighted by Gasteiger charge is -2.03. The molecule has 0 aliphatic heterocycles. The predicted molar refractivity (Wildman–Crippen MR) is 88.8 cm³/mol. The summed E-state index contributed by atoms with van der Waals surface area (Å²) in [5.74, 6) is 0.364. The van der Waals surface area contributed by atoms with Gasteiger partial charge in [0.25, 0.3) is 0 Å². The molecule has 0 amide bonds. The Morgan fingerprint density at radius 2 is 1.96 bits per heavy atom. The van der Waals surface area contributed by atoms with Gasteiger partial charge >= 0.3 is 5.97 Å². The molecule has 24 heavy (non-hydrogen) atoms. The van der Waals surface area contributed by atoms with Gasteiger partial charge in [-0.15, -0.1) is 0 Å². The molecule has 124 valence electrons. The second kappa shape index (κ2) is 6.83. The summed E-state index contributed by atoms with van der Waals surface area (Å²) in [6, 6.07) is 13.2. The predicted octanol–water partition coefficient (Wildman–Crippen LogP) is 4.17. The molecule has 0 bridgehead atoms. The monoisotopic (exact) mass is 327 g/mol. The zero-order valence-electron chi connectivity index (χ0n) is 13.5. The molecule has 0 spiro atoms. The van der Waals surface area contributed by atoms with Gasteiger partial charge in [-0.2, -0.15) is 0 Å². The Morgan fingerprint density at radius 3 is 2.67 bits per heavy atom. The molecular weight excluding hydrogens is 309 g/mol. The van der Waals surface area contributed by atoms with Crippen LogP contribution in [0.5, 0.6) is 5.75 Å². The summed E-state index contributed by atoms with van der Waals surface area (Å²) in [6.07, 6.45) is 0.928. The lowest BCUT2D eigenvalue weighted by molar-refractivity contribution is 0.0514.